The second kappa shape index (κ2) is 8.57. The Hall–Kier alpha value is -3.34. The molecule has 11 heteroatoms. The van der Waals surface area contributed by atoms with Crippen LogP contribution in [0, 0.1) is 11.7 Å². The van der Waals surface area contributed by atoms with Gasteiger partial charge in [-0.15, -0.1) is 11.3 Å². The van der Waals surface area contributed by atoms with E-state index >= 15 is 0 Å². The van der Waals surface area contributed by atoms with Gasteiger partial charge in [-0.25, -0.2) is 23.9 Å². The molecule has 0 spiro atoms. The summed E-state index contributed by atoms with van der Waals surface area (Å²) in [5.74, 6) is -3.37. The number of nitrogens with one attached hydrogen (secondary N) is 2. The number of halogens is 1. The standard InChI is InChI=1S/C19H19FN4O5S/c1-9(2)7-13(15(25)23-18-21-12(8-30-18)17(27)28)24-16(26)14(22-19(24)29)10-5-3-4-6-11(10)20/h3-6,8-9,13-14H,7H2,1-2H3,(H,22,29)(H,27,28)(H,21,23,25)/t13-,14?/m0/s1. The second-order valence-electron chi connectivity index (χ2n) is 7.09. The number of nitrogens with zero attached hydrogens (tertiary/aromatic N) is 2. The van der Waals surface area contributed by atoms with Gasteiger partial charge in [0.15, 0.2) is 10.8 Å². The van der Waals surface area contributed by atoms with E-state index in [9.17, 15) is 23.6 Å². The molecule has 3 N–H and O–H groups in total. The lowest BCUT2D eigenvalue weighted by molar-refractivity contribution is -0.134. The van der Waals surface area contributed by atoms with E-state index in [2.05, 4.69) is 15.6 Å². The quantitative estimate of drug-likeness (QED) is 0.575. The van der Waals surface area contributed by atoms with E-state index in [4.69, 9.17) is 5.11 Å². The third kappa shape index (κ3) is 4.30. The second-order valence-corrected chi connectivity index (χ2v) is 7.95. The highest BCUT2D eigenvalue weighted by molar-refractivity contribution is 7.14. The van der Waals surface area contributed by atoms with E-state index < -0.39 is 41.7 Å². The molecular formula is C19H19FN4O5S. The van der Waals surface area contributed by atoms with Crippen molar-refractivity contribution in [3.05, 3.63) is 46.7 Å². The Labute approximate surface area is 174 Å². The molecule has 0 saturated carbocycles. The maximum Gasteiger partial charge on any atom is 0.355 e. The molecule has 0 radical (unpaired) electrons. The number of thiazole rings is 1. The normalized spacial score (nSPS) is 17.2. The van der Waals surface area contributed by atoms with Gasteiger partial charge in [-0.1, -0.05) is 32.0 Å². The van der Waals surface area contributed by atoms with E-state index in [0.717, 1.165) is 16.2 Å². The molecule has 2 aromatic rings. The SMILES string of the molecule is CC(C)C[C@@H](C(=O)Nc1nc(C(=O)O)cs1)N1C(=O)NC(c2ccccc2F)C1=O. The van der Waals surface area contributed by atoms with E-state index in [1.54, 1.807) is 6.07 Å². The number of benzene rings is 1. The zero-order valence-corrected chi connectivity index (χ0v) is 16.9. The van der Waals surface area contributed by atoms with Crippen LogP contribution in [-0.4, -0.2) is 44.8 Å². The van der Waals surface area contributed by atoms with Gasteiger partial charge in [-0.3, -0.25) is 9.59 Å². The molecule has 4 amide bonds. The molecule has 1 aliphatic rings. The number of aromatic carboxylic acids is 1. The lowest BCUT2D eigenvalue weighted by atomic mass is 10.0. The first-order valence-corrected chi connectivity index (χ1v) is 9.94. The summed E-state index contributed by atoms with van der Waals surface area (Å²) < 4.78 is 14.1. The monoisotopic (exact) mass is 434 g/mol. The summed E-state index contributed by atoms with van der Waals surface area (Å²) in [4.78, 5) is 53.9. The van der Waals surface area contributed by atoms with Gasteiger partial charge >= 0.3 is 12.0 Å². The van der Waals surface area contributed by atoms with Gasteiger partial charge in [0.25, 0.3) is 5.91 Å². The van der Waals surface area contributed by atoms with Gasteiger partial charge in [-0.2, -0.15) is 0 Å². The number of carboxylic acids is 1. The summed E-state index contributed by atoms with van der Waals surface area (Å²) in [7, 11) is 0. The summed E-state index contributed by atoms with van der Waals surface area (Å²) in [5, 5.41) is 15.1. The van der Waals surface area contributed by atoms with Crippen LogP contribution >= 0.6 is 11.3 Å². The van der Waals surface area contributed by atoms with Crippen LogP contribution in [0.2, 0.25) is 0 Å². The van der Waals surface area contributed by atoms with Crippen molar-refractivity contribution in [3.8, 4) is 0 Å². The number of carbonyl (C=O) groups is 4. The topological polar surface area (TPSA) is 129 Å². The number of amides is 4. The predicted molar refractivity (Wildman–Crippen MR) is 105 cm³/mol. The van der Waals surface area contributed by atoms with E-state index in [1.807, 2.05) is 13.8 Å². The first-order chi connectivity index (χ1) is 14.2. The van der Waals surface area contributed by atoms with Crippen LogP contribution in [0.5, 0.6) is 0 Å². The number of hydrogen-bond donors (Lipinski definition) is 3. The Balaban J connectivity index is 1.86. The number of aromatic nitrogens is 1. The van der Waals surface area contributed by atoms with Crippen molar-refractivity contribution < 1.29 is 28.7 Å². The van der Waals surface area contributed by atoms with E-state index in [1.165, 1.54) is 23.6 Å². The van der Waals surface area contributed by atoms with Crippen molar-refractivity contribution in [1.82, 2.24) is 15.2 Å². The average molecular weight is 434 g/mol. The van der Waals surface area contributed by atoms with Gasteiger partial charge in [0, 0.05) is 10.9 Å². The molecule has 1 aliphatic heterocycles. The van der Waals surface area contributed by atoms with Gasteiger partial charge < -0.3 is 15.7 Å². The number of rotatable bonds is 7. The molecule has 1 unspecified atom stereocenters. The summed E-state index contributed by atoms with van der Waals surface area (Å²) in [5.41, 5.74) is -0.224. The molecule has 2 heterocycles. The highest BCUT2D eigenvalue weighted by Gasteiger charge is 2.46. The third-order valence-corrected chi connectivity index (χ3v) is 5.21. The lowest BCUT2D eigenvalue weighted by Crippen LogP contribution is -2.48. The minimum absolute atomic E-state index is 0.00748. The summed E-state index contributed by atoms with van der Waals surface area (Å²) in [6.45, 7) is 3.64. The lowest BCUT2D eigenvalue weighted by Gasteiger charge is -2.25. The summed E-state index contributed by atoms with van der Waals surface area (Å²) in [6.07, 6.45) is 0.159. The molecule has 158 valence electrons. The number of urea groups is 1. The Kier molecular flexibility index (Phi) is 6.11. The van der Waals surface area contributed by atoms with Crippen molar-refractivity contribution in [2.24, 2.45) is 5.92 Å². The molecule has 9 nitrogen and oxygen atoms in total. The van der Waals surface area contributed by atoms with E-state index in [-0.39, 0.29) is 28.7 Å². The van der Waals surface area contributed by atoms with Gasteiger partial charge in [0.05, 0.1) is 0 Å². The zero-order valence-electron chi connectivity index (χ0n) is 16.1. The van der Waals surface area contributed by atoms with Crippen molar-refractivity contribution in [1.29, 1.82) is 0 Å². The smallest absolute Gasteiger partial charge is 0.355 e. The van der Waals surface area contributed by atoms with Gasteiger partial charge in [0.2, 0.25) is 5.91 Å². The minimum Gasteiger partial charge on any atom is -0.476 e. The summed E-state index contributed by atoms with van der Waals surface area (Å²) >= 11 is 0.909. The Bertz CT molecular complexity index is 1010. The number of hydrogen-bond acceptors (Lipinski definition) is 6. The molecular weight excluding hydrogens is 415 g/mol. The minimum atomic E-state index is -1.24. The Morgan fingerprint density at radius 3 is 2.63 bits per heavy atom. The van der Waals surface area contributed by atoms with Crippen molar-refractivity contribution in [3.63, 3.8) is 0 Å². The van der Waals surface area contributed by atoms with Crippen LogP contribution in [0.25, 0.3) is 0 Å². The highest BCUT2D eigenvalue weighted by Crippen LogP contribution is 2.28. The van der Waals surface area contributed by atoms with Crippen LogP contribution in [0.1, 0.15) is 42.4 Å². The number of carbonyl (C=O) groups excluding carboxylic acids is 3. The fourth-order valence-electron chi connectivity index (χ4n) is 3.10. The fourth-order valence-corrected chi connectivity index (χ4v) is 3.79. The molecule has 0 aliphatic carbocycles. The number of anilines is 1. The third-order valence-electron chi connectivity index (χ3n) is 4.45. The maximum absolute atomic E-state index is 14.1. The number of imide groups is 1. The zero-order chi connectivity index (χ0) is 22.0. The number of carboxylic acid groups (broad SMARTS) is 1. The van der Waals surface area contributed by atoms with Crippen LogP contribution in [0.3, 0.4) is 0 Å². The van der Waals surface area contributed by atoms with Gasteiger partial charge in [0.1, 0.15) is 17.9 Å². The molecule has 2 atom stereocenters. The Morgan fingerprint density at radius 1 is 1.33 bits per heavy atom. The van der Waals surface area contributed by atoms with Crippen LogP contribution < -0.4 is 10.6 Å². The van der Waals surface area contributed by atoms with Gasteiger partial charge in [-0.05, 0) is 18.4 Å². The predicted octanol–water partition coefficient (Wildman–Crippen LogP) is 2.63. The molecule has 0 bridgehead atoms. The van der Waals surface area contributed by atoms with Crippen molar-refractivity contribution in [2.45, 2.75) is 32.4 Å². The molecule has 1 saturated heterocycles. The largest absolute Gasteiger partial charge is 0.476 e. The van der Waals surface area contributed by atoms with E-state index in [0.29, 0.717) is 0 Å². The first-order valence-electron chi connectivity index (χ1n) is 9.06. The Morgan fingerprint density at radius 2 is 2.03 bits per heavy atom. The first kappa shape index (κ1) is 21.4. The molecule has 30 heavy (non-hydrogen) atoms. The average Bonchev–Trinajstić information content (AvgIpc) is 3.25. The summed E-state index contributed by atoms with van der Waals surface area (Å²) in [6, 6.07) is 2.36. The van der Waals surface area contributed by atoms with Crippen molar-refractivity contribution >= 4 is 40.3 Å². The highest BCUT2D eigenvalue weighted by atomic mass is 32.1. The maximum atomic E-state index is 14.1. The van der Waals surface area contributed by atoms with Crippen LogP contribution in [0.4, 0.5) is 14.3 Å². The van der Waals surface area contributed by atoms with Crippen molar-refractivity contribution in [2.75, 3.05) is 5.32 Å². The molecule has 1 fully saturated rings. The van der Waals surface area contributed by atoms with Crippen LogP contribution in [0.15, 0.2) is 29.6 Å². The fraction of sp³-hybridized carbons (Fsp3) is 0.316. The molecule has 1 aromatic carbocycles. The molecule has 1 aromatic heterocycles. The van der Waals surface area contributed by atoms with Crippen LogP contribution in [-0.2, 0) is 9.59 Å². The molecule has 3 rings (SSSR count).